The number of fused-ring (bicyclic) bond motifs is 1. The molecule has 0 saturated carbocycles. The van der Waals surface area contributed by atoms with Gasteiger partial charge in [0.15, 0.2) is 0 Å². The fraction of sp³-hybridized carbons (Fsp3) is 0.194. The third-order valence-corrected chi connectivity index (χ3v) is 7.05. The van der Waals surface area contributed by atoms with E-state index in [1.54, 1.807) is 24.2 Å². The van der Waals surface area contributed by atoms with Crippen LogP contribution >= 0.6 is 0 Å². The molecule has 3 heterocycles. The van der Waals surface area contributed by atoms with Crippen molar-refractivity contribution in [3.63, 3.8) is 0 Å². The van der Waals surface area contributed by atoms with Gasteiger partial charge in [-0.15, -0.1) is 0 Å². The third kappa shape index (κ3) is 4.35. The summed E-state index contributed by atoms with van der Waals surface area (Å²) in [7, 11) is 1.64. The van der Waals surface area contributed by atoms with Crippen LogP contribution in [0.1, 0.15) is 47.3 Å². The monoisotopic (exact) mass is 488 g/mol. The Balaban J connectivity index is 1.53. The minimum atomic E-state index is -0.136. The van der Waals surface area contributed by atoms with Gasteiger partial charge in [-0.25, -0.2) is 0 Å². The maximum Gasteiger partial charge on any atom is 0.280 e. The summed E-state index contributed by atoms with van der Waals surface area (Å²) in [6.07, 6.45) is 10.8. The molecule has 1 N–H and O–H groups in total. The van der Waals surface area contributed by atoms with Gasteiger partial charge < -0.3 is 10.1 Å². The molecule has 0 spiro atoms. The van der Waals surface area contributed by atoms with Gasteiger partial charge in [0.25, 0.3) is 5.91 Å². The summed E-state index contributed by atoms with van der Waals surface area (Å²) in [4.78, 5) is 18.3. The second kappa shape index (κ2) is 9.90. The van der Waals surface area contributed by atoms with Gasteiger partial charge in [-0.3, -0.25) is 9.78 Å². The van der Waals surface area contributed by atoms with E-state index in [1.165, 1.54) is 12.0 Å². The van der Waals surface area contributed by atoms with Crippen LogP contribution in [-0.4, -0.2) is 27.8 Å². The molecular formula is C31H28N4O2. The van der Waals surface area contributed by atoms with E-state index in [2.05, 4.69) is 28.5 Å². The van der Waals surface area contributed by atoms with E-state index in [1.807, 2.05) is 54.6 Å². The largest absolute Gasteiger partial charge is 0.497 e. The highest BCUT2D eigenvalue weighted by molar-refractivity contribution is 6.23. The van der Waals surface area contributed by atoms with E-state index >= 15 is 0 Å². The van der Waals surface area contributed by atoms with E-state index in [4.69, 9.17) is 9.84 Å². The molecule has 184 valence electrons. The number of methoxy groups -OCH3 is 1. The van der Waals surface area contributed by atoms with Crippen LogP contribution in [0.2, 0.25) is 0 Å². The SMILES string of the molecule is COc1ccc(C2=C(Nc3ccncc3)Cc3c(C4=CCCCC4)c(-c4ccccc4)nn3C2=O)cc1. The van der Waals surface area contributed by atoms with Crippen molar-refractivity contribution in [3.8, 4) is 17.0 Å². The molecule has 6 heteroatoms. The number of carbonyl (C=O) groups is 1. The average molecular weight is 489 g/mol. The number of anilines is 1. The van der Waals surface area contributed by atoms with Crippen LogP contribution in [0.3, 0.4) is 0 Å². The number of hydrogen-bond acceptors (Lipinski definition) is 5. The summed E-state index contributed by atoms with van der Waals surface area (Å²) in [5.74, 6) is 0.608. The Morgan fingerprint density at radius 2 is 1.70 bits per heavy atom. The number of carbonyl (C=O) groups excluding carboxylic acids is 1. The number of hydrogen-bond donors (Lipinski definition) is 1. The van der Waals surface area contributed by atoms with Gasteiger partial charge in [0.1, 0.15) is 11.4 Å². The van der Waals surface area contributed by atoms with E-state index in [0.717, 1.165) is 64.5 Å². The Morgan fingerprint density at radius 3 is 2.41 bits per heavy atom. The van der Waals surface area contributed by atoms with Crippen LogP contribution in [0, 0.1) is 0 Å². The molecule has 0 fully saturated rings. The average Bonchev–Trinajstić information content (AvgIpc) is 3.35. The summed E-state index contributed by atoms with van der Waals surface area (Å²) in [5, 5.41) is 8.49. The highest BCUT2D eigenvalue weighted by Crippen LogP contribution is 2.40. The molecule has 4 aromatic rings. The minimum Gasteiger partial charge on any atom is -0.497 e. The Kier molecular flexibility index (Phi) is 6.15. The second-order valence-corrected chi connectivity index (χ2v) is 9.35. The Labute approximate surface area is 216 Å². The number of pyridine rings is 1. The van der Waals surface area contributed by atoms with Crippen molar-refractivity contribution in [1.82, 2.24) is 14.8 Å². The first kappa shape index (κ1) is 23.0. The molecular weight excluding hydrogens is 460 g/mol. The van der Waals surface area contributed by atoms with Gasteiger partial charge in [0.2, 0.25) is 0 Å². The topological polar surface area (TPSA) is 69.0 Å². The predicted octanol–water partition coefficient (Wildman–Crippen LogP) is 6.63. The summed E-state index contributed by atoms with van der Waals surface area (Å²) >= 11 is 0. The molecule has 0 amide bonds. The molecule has 1 aliphatic heterocycles. The zero-order valence-corrected chi connectivity index (χ0v) is 20.8. The fourth-order valence-electron chi connectivity index (χ4n) is 5.25. The van der Waals surface area contributed by atoms with Crippen LogP contribution in [0.5, 0.6) is 5.75 Å². The Morgan fingerprint density at radius 1 is 0.919 bits per heavy atom. The number of rotatable bonds is 6. The smallest absolute Gasteiger partial charge is 0.280 e. The van der Waals surface area contributed by atoms with Crippen molar-refractivity contribution in [1.29, 1.82) is 0 Å². The third-order valence-electron chi connectivity index (χ3n) is 7.05. The van der Waals surface area contributed by atoms with E-state index in [9.17, 15) is 4.79 Å². The summed E-state index contributed by atoms with van der Waals surface area (Å²) in [5.41, 5.74) is 8.39. The molecule has 0 bridgehead atoms. The van der Waals surface area contributed by atoms with Crippen molar-refractivity contribution in [3.05, 3.63) is 108 Å². The fourth-order valence-corrected chi connectivity index (χ4v) is 5.25. The zero-order chi connectivity index (χ0) is 25.2. The number of allylic oxidation sites excluding steroid dienone is 4. The molecule has 6 nitrogen and oxygen atoms in total. The molecule has 1 aliphatic carbocycles. The van der Waals surface area contributed by atoms with Gasteiger partial charge in [0, 0.05) is 41.3 Å². The van der Waals surface area contributed by atoms with Gasteiger partial charge >= 0.3 is 0 Å². The maximum absolute atomic E-state index is 14.2. The number of aromatic nitrogens is 3. The van der Waals surface area contributed by atoms with Crippen molar-refractivity contribution in [2.24, 2.45) is 0 Å². The van der Waals surface area contributed by atoms with Crippen molar-refractivity contribution < 1.29 is 9.53 Å². The number of ether oxygens (including phenoxy) is 1. The van der Waals surface area contributed by atoms with Gasteiger partial charge in [-0.1, -0.05) is 48.5 Å². The molecule has 2 aromatic heterocycles. The second-order valence-electron chi connectivity index (χ2n) is 9.35. The predicted molar refractivity (Wildman–Crippen MR) is 146 cm³/mol. The van der Waals surface area contributed by atoms with Gasteiger partial charge in [0.05, 0.1) is 18.4 Å². The van der Waals surface area contributed by atoms with E-state index in [0.29, 0.717) is 12.0 Å². The zero-order valence-electron chi connectivity index (χ0n) is 20.8. The number of benzene rings is 2. The molecule has 6 rings (SSSR count). The number of nitrogens with one attached hydrogen (secondary N) is 1. The van der Waals surface area contributed by atoms with Crippen molar-refractivity contribution in [2.45, 2.75) is 32.1 Å². The maximum atomic E-state index is 14.2. The number of nitrogens with zero attached hydrogens (tertiary/aromatic N) is 3. The first-order chi connectivity index (χ1) is 18.2. The summed E-state index contributed by atoms with van der Waals surface area (Å²) in [6, 6.07) is 21.6. The van der Waals surface area contributed by atoms with Crippen LogP contribution < -0.4 is 10.1 Å². The van der Waals surface area contributed by atoms with Crippen LogP contribution in [-0.2, 0) is 6.42 Å². The normalized spacial score (nSPS) is 15.3. The lowest BCUT2D eigenvalue weighted by atomic mass is 9.88. The van der Waals surface area contributed by atoms with E-state index in [-0.39, 0.29) is 5.91 Å². The quantitative estimate of drug-likeness (QED) is 0.330. The lowest BCUT2D eigenvalue weighted by molar-refractivity contribution is 0.0958. The molecule has 0 atom stereocenters. The van der Waals surface area contributed by atoms with Gasteiger partial charge in [-0.2, -0.15) is 9.78 Å². The first-order valence-corrected chi connectivity index (χ1v) is 12.7. The highest BCUT2D eigenvalue weighted by Gasteiger charge is 2.33. The minimum absolute atomic E-state index is 0.136. The van der Waals surface area contributed by atoms with Crippen molar-refractivity contribution in [2.75, 3.05) is 12.4 Å². The lowest BCUT2D eigenvalue weighted by Gasteiger charge is -2.24. The summed E-state index contributed by atoms with van der Waals surface area (Å²) in [6.45, 7) is 0. The highest BCUT2D eigenvalue weighted by atomic mass is 16.5. The summed E-state index contributed by atoms with van der Waals surface area (Å²) < 4.78 is 6.98. The molecule has 0 saturated heterocycles. The molecule has 2 aliphatic rings. The van der Waals surface area contributed by atoms with Crippen LogP contribution in [0.25, 0.3) is 22.4 Å². The Bertz CT molecular complexity index is 1500. The molecule has 37 heavy (non-hydrogen) atoms. The van der Waals surface area contributed by atoms with Gasteiger partial charge in [-0.05, 0) is 61.1 Å². The molecule has 0 unspecified atom stereocenters. The van der Waals surface area contributed by atoms with Crippen LogP contribution in [0.4, 0.5) is 5.69 Å². The van der Waals surface area contributed by atoms with Crippen molar-refractivity contribution >= 4 is 22.7 Å². The lowest BCUT2D eigenvalue weighted by Crippen LogP contribution is -2.27. The van der Waals surface area contributed by atoms with E-state index < -0.39 is 0 Å². The Hall–Kier alpha value is -4.45. The standard InChI is InChI=1S/C31H28N4O2/c1-37-25-14-12-22(13-15-25)28-26(33-24-16-18-32-19-17-24)20-27-29(21-8-4-2-5-9-21)30(34-35(27)31(28)36)23-10-6-3-7-11-23/h3,6-8,10-19H,2,4-5,9,20H2,1H3,(H,32,33). The van der Waals surface area contributed by atoms with Crippen LogP contribution in [0.15, 0.2) is 90.9 Å². The molecule has 0 radical (unpaired) electrons. The molecule has 2 aromatic carbocycles. The first-order valence-electron chi connectivity index (χ1n) is 12.7.